The second-order valence-corrected chi connectivity index (χ2v) is 6.66. The Morgan fingerprint density at radius 2 is 1.65 bits per heavy atom. The average molecular weight is 363 g/mol. The number of nitrogens with one attached hydrogen (secondary N) is 1. The number of rotatable bonds is 3. The van der Waals surface area contributed by atoms with Gasteiger partial charge in [0.1, 0.15) is 10.6 Å². The van der Waals surface area contributed by atoms with Crippen LogP contribution in [0.5, 0.6) is 5.75 Å². The van der Waals surface area contributed by atoms with Crippen molar-refractivity contribution in [2.75, 3.05) is 0 Å². The number of aromatic hydroxyl groups is 1. The van der Waals surface area contributed by atoms with Gasteiger partial charge in [0.05, 0.1) is 16.5 Å². The molecule has 0 atom stereocenters. The van der Waals surface area contributed by atoms with Crippen molar-refractivity contribution < 1.29 is 15.0 Å². The number of hydrogen-bond acceptors (Lipinski definition) is 4. The molecule has 0 aliphatic carbocycles. The molecule has 2 aromatic carbocycles. The van der Waals surface area contributed by atoms with E-state index in [0.717, 1.165) is 11.1 Å². The first-order chi connectivity index (χ1) is 12.6. The standard InChI is InChI=1S/C20H13NO4S/c22-17-15(12-4-2-1-3-5-12)18(23)21-19-16(17)14(10-26-19)11-6-8-13(9-7-11)20(24)25/h1-10H,(H,24,25)(H2,21,22,23). The number of hydrogen-bond donors (Lipinski definition) is 3. The second-order valence-electron chi connectivity index (χ2n) is 5.78. The molecule has 0 amide bonds. The van der Waals surface area contributed by atoms with Gasteiger partial charge in [0.15, 0.2) is 0 Å². The topological polar surface area (TPSA) is 90.4 Å². The maximum absolute atomic E-state index is 12.4. The second kappa shape index (κ2) is 6.16. The maximum atomic E-state index is 12.4. The Kier molecular flexibility index (Phi) is 3.82. The van der Waals surface area contributed by atoms with Crippen molar-refractivity contribution in [2.45, 2.75) is 0 Å². The van der Waals surface area contributed by atoms with Crippen LogP contribution in [0.1, 0.15) is 10.4 Å². The van der Waals surface area contributed by atoms with Gasteiger partial charge in [-0.2, -0.15) is 0 Å². The van der Waals surface area contributed by atoms with E-state index in [1.807, 2.05) is 11.4 Å². The third-order valence-electron chi connectivity index (χ3n) is 4.22. The highest BCUT2D eigenvalue weighted by molar-refractivity contribution is 7.17. The van der Waals surface area contributed by atoms with Gasteiger partial charge in [0, 0.05) is 10.9 Å². The minimum atomic E-state index is -0.995. The molecular formula is C20H13NO4S. The zero-order chi connectivity index (χ0) is 18.3. The van der Waals surface area contributed by atoms with Gasteiger partial charge < -0.3 is 15.2 Å². The largest absolute Gasteiger partial charge is 0.506 e. The molecular weight excluding hydrogens is 350 g/mol. The molecule has 26 heavy (non-hydrogen) atoms. The Bertz CT molecular complexity index is 1170. The Morgan fingerprint density at radius 3 is 2.31 bits per heavy atom. The molecule has 0 spiro atoms. The normalized spacial score (nSPS) is 10.9. The van der Waals surface area contributed by atoms with E-state index < -0.39 is 5.97 Å². The zero-order valence-electron chi connectivity index (χ0n) is 13.4. The highest BCUT2D eigenvalue weighted by atomic mass is 32.1. The van der Waals surface area contributed by atoms with E-state index >= 15 is 0 Å². The number of aromatic amines is 1. The van der Waals surface area contributed by atoms with Gasteiger partial charge in [-0.25, -0.2) is 4.79 Å². The lowest BCUT2D eigenvalue weighted by Crippen LogP contribution is -2.08. The summed E-state index contributed by atoms with van der Waals surface area (Å²) >= 11 is 1.32. The summed E-state index contributed by atoms with van der Waals surface area (Å²) in [4.78, 5) is 26.9. The Morgan fingerprint density at radius 1 is 0.962 bits per heavy atom. The quantitative estimate of drug-likeness (QED) is 0.505. The summed E-state index contributed by atoms with van der Waals surface area (Å²) in [5.74, 6) is -1.07. The number of fused-ring (bicyclic) bond motifs is 1. The lowest BCUT2D eigenvalue weighted by atomic mass is 10.00. The van der Waals surface area contributed by atoms with Crippen LogP contribution in [0, 0.1) is 0 Å². The number of aromatic carboxylic acids is 1. The van der Waals surface area contributed by atoms with Gasteiger partial charge in [-0.3, -0.25) is 4.79 Å². The summed E-state index contributed by atoms with van der Waals surface area (Å²) < 4.78 is 0. The lowest BCUT2D eigenvalue weighted by molar-refractivity contribution is 0.0697. The van der Waals surface area contributed by atoms with Gasteiger partial charge in [-0.1, -0.05) is 42.5 Å². The van der Waals surface area contributed by atoms with Crippen molar-refractivity contribution in [3.05, 3.63) is 75.9 Å². The Hall–Kier alpha value is -3.38. The molecule has 6 heteroatoms. The van der Waals surface area contributed by atoms with Crippen LogP contribution >= 0.6 is 11.3 Å². The third-order valence-corrected chi connectivity index (χ3v) is 5.12. The maximum Gasteiger partial charge on any atom is 0.335 e. The van der Waals surface area contributed by atoms with Crippen molar-refractivity contribution in [3.8, 4) is 28.0 Å². The van der Waals surface area contributed by atoms with Gasteiger partial charge in [-0.05, 0) is 23.3 Å². The molecule has 2 heterocycles. The SMILES string of the molecule is O=C(O)c1ccc(-c2csc3[nH]c(=O)c(-c4ccccc4)c(O)c23)cc1. The molecule has 3 N–H and O–H groups in total. The van der Waals surface area contributed by atoms with E-state index in [1.165, 1.54) is 23.5 Å². The molecule has 0 aliphatic heterocycles. The summed E-state index contributed by atoms with van der Waals surface area (Å²) in [6.07, 6.45) is 0. The molecule has 0 bridgehead atoms. The Labute approximate surface area is 151 Å². The fourth-order valence-corrected chi connectivity index (χ4v) is 3.93. The lowest BCUT2D eigenvalue weighted by Gasteiger charge is -2.07. The molecule has 0 unspecified atom stereocenters. The van der Waals surface area contributed by atoms with Crippen molar-refractivity contribution in [1.82, 2.24) is 4.98 Å². The van der Waals surface area contributed by atoms with E-state index in [1.54, 1.807) is 36.4 Å². The summed E-state index contributed by atoms with van der Waals surface area (Å²) in [7, 11) is 0. The van der Waals surface area contributed by atoms with E-state index in [2.05, 4.69) is 4.98 Å². The molecule has 0 saturated carbocycles. The fourth-order valence-electron chi connectivity index (χ4n) is 2.96. The van der Waals surface area contributed by atoms with Crippen molar-refractivity contribution in [2.24, 2.45) is 0 Å². The van der Waals surface area contributed by atoms with Crippen molar-refractivity contribution >= 4 is 27.5 Å². The third kappa shape index (κ3) is 2.57. The summed E-state index contributed by atoms with van der Waals surface area (Å²) in [6.45, 7) is 0. The van der Waals surface area contributed by atoms with E-state index in [0.29, 0.717) is 15.8 Å². The van der Waals surface area contributed by atoms with E-state index in [9.17, 15) is 14.7 Å². The van der Waals surface area contributed by atoms with Gasteiger partial charge in [-0.15, -0.1) is 11.3 Å². The predicted molar refractivity (Wildman–Crippen MR) is 102 cm³/mol. The molecule has 4 rings (SSSR count). The fraction of sp³-hybridized carbons (Fsp3) is 0. The predicted octanol–water partition coefficient (Wildman–Crippen LogP) is 4.33. The molecule has 4 aromatic rings. The number of benzene rings is 2. The van der Waals surface area contributed by atoms with Crippen LogP contribution in [0.4, 0.5) is 0 Å². The van der Waals surface area contributed by atoms with Crippen LogP contribution in [-0.4, -0.2) is 21.2 Å². The summed E-state index contributed by atoms with van der Waals surface area (Å²) in [5, 5.41) is 22.3. The number of carbonyl (C=O) groups is 1. The zero-order valence-corrected chi connectivity index (χ0v) is 14.2. The van der Waals surface area contributed by atoms with Crippen LogP contribution in [0.25, 0.3) is 32.5 Å². The molecule has 0 radical (unpaired) electrons. The van der Waals surface area contributed by atoms with Crippen molar-refractivity contribution in [3.63, 3.8) is 0 Å². The molecule has 5 nitrogen and oxygen atoms in total. The van der Waals surface area contributed by atoms with E-state index in [4.69, 9.17) is 5.11 Å². The van der Waals surface area contributed by atoms with Gasteiger partial charge >= 0.3 is 5.97 Å². The number of H-pyrrole nitrogens is 1. The first kappa shape index (κ1) is 16.1. The summed E-state index contributed by atoms with van der Waals surface area (Å²) in [5.41, 5.74) is 2.20. The van der Waals surface area contributed by atoms with Crippen LogP contribution in [0.2, 0.25) is 0 Å². The number of carboxylic acids is 1. The number of pyridine rings is 1. The van der Waals surface area contributed by atoms with Crippen molar-refractivity contribution in [1.29, 1.82) is 0 Å². The van der Waals surface area contributed by atoms with Gasteiger partial charge in [0.2, 0.25) is 0 Å². The average Bonchev–Trinajstić information content (AvgIpc) is 3.06. The van der Waals surface area contributed by atoms with E-state index in [-0.39, 0.29) is 22.4 Å². The van der Waals surface area contributed by atoms with Crippen LogP contribution in [0.3, 0.4) is 0 Å². The minimum Gasteiger partial charge on any atom is -0.506 e. The number of aromatic nitrogens is 1. The highest BCUT2D eigenvalue weighted by Crippen LogP contribution is 2.41. The van der Waals surface area contributed by atoms with Crippen LogP contribution in [-0.2, 0) is 0 Å². The minimum absolute atomic E-state index is 0.0755. The first-order valence-electron chi connectivity index (χ1n) is 7.82. The highest BCUT2D eigenvalue weighted by Gasteiger charge is 2.18. The Balaban J connectivity index is 1.95. The van der Waals surface area contributed by atoms with Crippen LogP contribution < -0.4 is 5.56 Å². The molecule has 128 valence electrons. The monoisotopic (exact) mass is 363 g/mol. The summed E-state index contributed by atoms with van der Waals surface area (Å²) in [6, 6.07) is 15.4. The molecule has 0 saturated heterocycles. The van der Waals surface area contributed by atoms with Gasteiger partial charge in [0.25, 0.3) is 5.56 Å². The number of carboxylic acid groups (broad SMARTS) is 1. The van der Waals surface area contributed by atoms with Crippen LogP contribution in [0.15, 0.2) is 64.8 Å². The molecule has 0 aliphatic rings. The molecule has 0 fully saturated rings. The smallest absolute Gasteiger partial charge is 0.335 e. The first-order valence-corrected chi connectivity index (χ1v) is 8.70. The molecule has 2 aromatic heterocycles. The number of thiophene rings is 1.